The van der Waals surface area contributed by atoms with Crippen molar-refractivity contribution in [2.24, 2.45) is 5.92 Å². The summed E-state index contributed by atoms with van der Waals surface area (Å²) in [7, 11) is -5.53. The fourth-order valence-electron chi connectivity index (χ4n) is 8.22. The molecule has 0 radical (unpaired) electrons. The number of alkyl halides is 12. The smallest absolute Gasteiger partial charge is 0.403 e. The lowest BCUT2D eigenvalue weighted by Crippen LogP contribution is -2.48. The van der Waals surface area contributed by atoms with Gasteiger partial charge in [0.1, 0.15) is 5.75 Å². The van der Waals surface area contributed by atoms with E-state index in [9.17, 15) is 62.1 Å². The molecule has 2 aliphatic carbocycles. The standard InChI is InChI=1S/C38H29F12O4P/c1-18-7-8-28-20(9-18)12-29(21-10-23(35(39,40)41)15-24(11-21)36(42,43)44)32-30(28)31-27-6-4-3-5-19(27)17-34(2,33(31)54-55(51,52)53-32)22-13-25(37(45,46)47)16-26(14-22)38(48,49)50/h3-6,10-16,18,31,33H,7-9,17H2,1-2H3,(H,51,52)/t18?,31-,33?,34?/m1/s1. The van der Waals surface area contributed by atoms with Crippen LogP contribution in [0.4, 0.5) is 52.7 Å². The van der Waals surface area contributed by atoms with Crippen molar-refractivity contribution in [2.45, 2.75) is 81.7 Å². The summed E-state index contributed by atoms with van der Waals surface area (Å²) in [5.41, 5.74) is -8.53. The van der Waals surface area contributed by atoms with E-state index in [4.69, 9.17) is 9.05 Å². The van der Waals surface area contributed by atoms with Gasteiger partial charge in [0.05, 0.1) is 28.4 Å². The molecule has 0 saturated carbocycles. The second-order valence-corrected chi connectivity index (χ2v) is 15.9. The Kier molecular flexibility index (Phi) is 9.10. The van der Waals surface area contributed by atoms with Crippen LogP contribution in [0.5, 0.6) is 5.75 Å². The molecule has 4 nitrogen and oxygen atoms in total. The van der Waals surface area contributed by atoms with Crippen LogP contribution >= 0.6 is 7.82 Å². The van der Waals surface area contributed by atoms with Crippen molar-refractivity contribution in [2.75, 3.05) is 0 Å². The summed E-state index contributed by atoms with van der Waals surface area (Å²) < 4.78 is 195. The molecule has 0 saturated heterocycles. The lowest BCUT2D eigenvalue weighted by Gasteiger charge is -2.47. The maximum absolute atomic E-state index is 14.2. The second-order valence-electron chi connectivity index (χ2n) is 14.6. The molecule has 17 heteroatoms. The molecule has 0 fully saturated rings. The first-order chi connectivity index (χ1) is 25.3. The van der Waals surface area contributed by atoms with Crippen molar-refractivity contribution in [3.8, 4) is 16.9 Å². The second kappa shape index (κ2) is 12.8. The van der Waals surface area contributed by atoms with Gasteiger partial charge in [-0.15, -0.1) is 0 Å². The monoisotopic (exact) mass is 808 g/mol. The minimum atomic E-state index is -5.53. The molecule has 0 bridgehead atoms. The molecule has 7 rings (SSSR count). The molecule has 1 heterocycles. The minimum absolute atomic E-state index is 0.0311. The molecule has 0 spiro atoms. The highest BCUT2D eigenvalue weighted by Gasteiger charge is 2.55. The number of hydrogen-bond donors (Lipinski definition) is 1. The number of hydrogen-bond acceptors (Lipinski definition) is 3. The van der Waals surface area contributed by atoms with Crippen molar-refractivity contribution >= 4 is 7.82 Å². The lowest BCUT2D eigenvalue weighted by molar-refractivity contribution is -0.144. The minimum Gasteiger partial charge on any atom is -0.403 e. The van der Waals surface area contributed by atoms with Crippen LogP contribution < -0.4 is 4.52 Å². The van der Waals surface area contributed by atoms with Gasteiger partial charge in [0.2, 0.25) is 0 Å². The molecule has 1 N–H and O–H groups in total. The Labute approximate surface area is 305 Å². The summed E-state index contributed by atoms with van der Waals surface area (Å²) in [6.45, 7) is 3.14. The molecule has 4 aromatic carbocycles. The number of rotatable bonds is 2. The first kappa shape index (κ1) is 39.2. The number of benzene rings is 4. The van der Waals surface area contributed by atoms with Gasteiger partial charge in [-0.3, -0.25) is 9.42 Å². The third kappa shape index (κ3) is 7.14. The molecule has 0 amide bonds. The molecular weight excluding hydrogens is 779 g/mol. The van der Waals surface area contributed by atoms with E-state index in [0.29, 0.717) is 52.9 Å². The van der Waals surface area contributed by atoms with Gasteiger partial charge in [-0.1, -0.05) is 38.1 Å². The molecule has 0 aromatic heterocycles. The normalized spacial score (nSPS) is 25.5. The third-order valence-corrected chi connectivity index (χ3v) is 11.7. The Morgan fingerprint density at radius 3 is 1.82 bits per heavy atom. The van der Waals surface area contributed by atoms with Crippen LogP contribution in [0.2, 0.25) is 0 Å². The van der Waals surface area contributed by atoms with Gasteiger partial charge in [0.15, 0.2) is 0 Å². The zero-order chi connectivity index (χ0) is 40.3. The molecule has 3 aliphatic rings. The molecule has 1 aliphatic heterocycles. The number of fused-ring (bicyclic) bond motifs is 7. The quantitative estimate of drug-likeness (QED) is 0.162. The van der Waals surface area contributed by atoms with Crippen LogP contribution in [0.15, 0.2) is 66.7 Å². The molecule has 4 unspecified atom stereocenters. The molecule has 4 aromatic rings. The van der Waals surface area contributed by atoms with Gasteiger partial charge < -0.3 is 4.52 Å². The summed E-state index contributed by atoms with van der Waals surface area (Å²) in [5.74, 6) is -1.95. The maximum atomic E-state index is 14.2. The number of halogens is 12. The Morgan fingerprint density at radius 2 is 1.27 bits per heavy atom. The fraction of sp³-hybridized carbons (Fsp3) is 0.368. The summed E-state index contributed by atoms with van der Waals surface area (Å²) in [5, 5.41) is 0. The Hall–Kier alpha value is -4.01. The first-order valence-corrected chi connectivity index (χ1v) is 18.3. The predicted molar refractivity (Wildman–Crippen MR) is 174 cm³/mol. The first-order valence-electron chi connectivity index (χ1n) is 16.8. The summed E-state index contributed by atoms with van der Waals surface area (Å²) in [6, 6.07) is 9.33. The van der Waals surface area contributed by atoms with Crippen LogP contribution in [0.25, 0.3) is 11.1 Å². The van der Waals surface area contributed by atoms with Gasteiger partial charge in [-0.05, 0) is 107 Å². The molecule has 5 atom stereocenters. The maximum Gasteiger partial charge on any atom is 0.527 e. The summed E-state index contributed by atoms with van der Waals surface area (Å²) in [6.07, 6.45) is -22.1. The highest BCUT2D eigenvalue weighted by atomic mass is 31.2. The Morgan fingerprint density at radius 1 is 0.745 bits per heavy atom. The van der Waals surface area contributed by atoms with Gasteiger partial charge in [-0.25, -0.2) is 4.57 Å². The van der Waals surface area contributed by atoms with Crippen molar-refractivity contribution < 1.29 is 71.2 Å². The third-order valence-electron chi connectivity index (χ3n) is 10.8. The Bertz CT molecular complexity index is 2180. The van der Waals surface area contributed by atoms with Crippen molar-refractivity contribution in [3.63, 3.8) is 0 Å². The lowest BCUT2D eigenvalue weighted by atomic mass is 9.60. The zero-order valence-electron chi connectivity index (χ0n) is 28.6. The predicted octanol–water partition coefficient (Wildman–Crippen LogP) is 12.1. The van der Waals surface area contributed by atoms with E-state index < -0.39 is 94.7 Å². The topological polar surface area (TPSA) is 55.8 Å². The van der Waals surface area contributed by atoms with E-state index in [-0.39, 0.29) is 42.9 Å². The highest BCUT2D eigenvalue weighted by molar-refractivity contribution is 7.47. The summed E-state index contributed by atoms with van der Waals surface area (Å²) in [4.78, 5) is 11.3. The van der Waals surface area contributed by atoms with Gasteiger partial charge >= 0.3 is 32.5 Å². The molecular formula is C38H29F12O4P. The largest absolute Gasteiger partial charge is 0.527 e. The van der Waals surface area contributed by atoms with Gasteiger partial charge in [-0.2, -0.15) is 52.7 Å². The van der Waals surface area contributed by atoms with E-state index in [1.165, 1.54) is 13.0 Å². The number of phosphoric acid groups is 1. The molecule has 55 heavy (non-hydrogen) atoms. The average Bonchev–Trinajstić information content (AvgIpc) is 3.19. The van der Waals surface area contributed by atoms with Crippen LogP contribution in [-0.4, -0.2) is 11.0 Å². The zero-order valence-corrected chi connectivity index (χ0v) is 29.5. The van der Waals surface area contributed by atoms with Gasteiger partial charge in [0, 0.05) is 22.5 Å². The van der Waals surface area contributed by atoms with Crippen molar-refractivity contribution in [3.05, 3.63) is 122 Å². The van der Waals surface area contributed by atoms with Crippen molar-refractivity contribution in [1.29, 1.82) is 0 Å². The van der Waals surface area contributed by atoms with Crippen LogP contribution in [-0.2, 0) is 58.5 Å². The van der Waals surface area contributed by atoms with Crippen molar-refractivity contribution in [1.82, 2.24) is 0 Å². The van der Waals surface area contributed by atoms with Crippen LogP contribution in [0.1, 0.15) is 81.8 Å². The van der Waals surface area contributed by atoms with E-state index in [1.807, 2.05) is 6.92 Å². The van der Waals surface area contributed by atoms with Gasteiger partial charge in [0.25, 0.3) is 0 Å². The fourth-order valence-corrected chi connectivity index (χ4v) is 9.33. The SMILES string of the molecule is CC1CCc2c(cc(-c3cc(C(F)(F)F)cc(C(F)(F)F)c3)c3c2[C@H]2c4ccccc4CC(C)(c4cc(C(F)(F)F)cc(C(F)(F)F)c4)C2OP(=O)(O)O3)C1. The van der Waals surface area contributed by atoms with E-state index >= 15 is 0 Å². The van der Waals surface area contributed by atoms with E-state index in [2.05, 4.69) is 0 Å². The van der Waals surface area contributed by atoms with Crippen LogP contribution in [0.3, 0.4) is 0 Å². The Balaban J connectivity index is 1.58. The number of phosphoric ester groups is 1. The van der Waals surface area contributed by atoms with E-state index in [0.717, 1.165) is 0 Å². The average molecular weight is 809 g/mol. The molecule has 294 valence electrons. The summed E-state index contributed by atoms with van der Waals surface area (Å²) >= 11 is 0. The van der Waals surface area contributed by atoms with Crippen LogP contribution in [0, 0.1) is 5.92 Å². The highest BCUT2D eigenvalue weighted by Crippen LogP contribution is 2.63. The van der Waals surface area contributed by atoms with E-state index in [1.54, 1.807) is 24.3 Å².